The largest absolute Gasteiger partial charge is 0.507 e. The van der Waals surface area contributed by atoms with E-state index < -0.39 is 17.7 Å². The van der Waals surface area contributed by atoms with Crippen LogP contribution in [-0.4, -0.2) is 23.4 Å². The Morgan fingerprint density at radius 3 is 2.47 bits per heavy atom. The normalized spacial score (nSPS) is 17.8. The fourth-order valence-corrected chi connectivity index (χ4v) is 4.14. The first-order valence-electron chi connectivity index (χ1n) is 10.5. The first-order chi connectivity index (χ1) is 15.3. The van der Waals surface area contributed by atoms with Crippen molar-refractivity contribution in [3.05, 3.63) is 88.4 Å². The van der Waals surface area contributed by atoms with Crippen LogP contribution in [-0.2, 0) is 9.59 Å². The molecule has 1 amide bonds. The Morgan fingerprint density at radius 2 is 1.84 bits per heavy atom. The SMILES string of the molecule is CCOc1ccc(/C(O)=C2/C(=O)C(=O)N(c3ccc(C)cc3C)C2c2ccco2)cc1C. The standard InChI is InChI=1S/C26H25NO5/c1-5-31-20-11-9-18(14-17(20)4)24(28)22-23(21-7-6-12-32-21)27(26(30)25(22)29)19-10-8-15(2)13-16(19)3/h6-14,23,28H,5H2,1-4H3/b24-22-. The molecule has 6 nitrogen and oxygen atoms in total. The molecule has 0 radical (unpaired) electrons. The van der Waals surface area contributed by atoms with Crippen LogP contribution >= 0.6 is 0 Å². The zero-order valence-electron chi connectivity index (χ0n) is 18.5. The molecule has 164 valence electrons. The van der Waals surface area contributed by atoms with Crippen LogP contribution in [0.3, 0.4) is 0 Å². The van der Waals surface area contributed by atoms with Crippen LogP contribution in [0.4, 0.5) is 5.69 Å². The monoisotopic (exact) mass is 431 g/mol. The highest BCUT2D eigenvalue weighted by Gasteiger charge is 2.48. The second kappa shape index (κ2) is 8.38. The summed E-state index contributed by atoms with van der Waals surface area (Å²) in [4.78, 5) is 27.7. The van der Waals surface area contributed by atoms with Gasteiger partial charge in [-0.15, -0.1) is 0 Å². The average molecular weight is 431 g/mol. The van der Waals surface area contributed by atoms with Gasteiger partial charge in [0.05, 0.1) is 18.4 Å². The lowest BCUT2D eigenvalue weighted by atomic mass is 9.98. The predicted octanol–water partition coefficient (Wildman–Crippen LogP) is 5.23. The van der Waals surface area contributed by atoms with Crippen molar-refractivity contribution in [2.45, 2.75) is 33.7 Å². The summed E-state index contributed by atoms with van der Waals surface area (Å²) in [6, 6.07) is 13.3. The molecule has 1 fully saturated rings. The van der Waals surface area contributed by atoms with E-state index in [1.165, 1.54) is 11.2 Å². The van der Waals surface area contributed by atoms with Gasteiger partial charge in [-0.3, -0.25) is 14.5 Å². The van der Waals surface area contributed by atoms with Gasteiger partial charge in [-0.2, -0.15) is 0 Å². The third kappa shape index (κ3) is 3.58. The summed E-state index contributed by atoms with van der Waals surface area (Å²) in [7, 11) is 0. The highest BCUT2D eigenvalue weighted by Crippen LogP contribution is 2.43. The number of Topliss-reactive ketones (excluding diaryl/α,β-unsaturated/α-hetero) is 1. The number of hydrogen-bond acceptors (Lipinski definition) is 5. The summed E-state index contributed by atoms with van der Waals surface area (Å²) < 4.78 is 11.2. The van der Waals surface area contributed by atoms with E-state index in [9.17, 15) is 14.7 Å². The molecule has 0 spiro atoms. The second-order valence-electron chi connectivity index (χ2n) is 7.89. The van der Waals surface area contributed by atoms with Crippen molar-refractivity contribution >= 4 is 23.1 Å². The van der Waals surface area contributed by atoms with Crippen LogP contribution in [0.25, 0.3) is 5.76 Å². The Hall–Kier alpha value is -3.80. The maximum Gasteiger partial charge on any atom is 0.300 e. The zero-order chi connectivity index (χ0) is 23.0. The first kappa shape index (κ1) is 21.4. The van der Waals surface area contributed by atoms with E-state index in [0.717, 1.165) is 16.7 Å². The van der Waals surface area contributed by atoms with Gasteiger partial charge in [0.1, 0.15) is 23.3 Å². The number of rotatable bonds is 5. The molecular formula is C26H25NO5. The molecule has 1 saturated heterocycles. The molecule has 3 aromatic rings. The van der Waals surface area contributed by atoms with Crippen LogP contribution in [0, 0.1) is 20.8 Å². The number of furan rings is 1. The molecule has 1 unspecified atom stereocenters. The van der Waals surface area contributed by atoms with Gasteiger partial charge in [-0.1, -0.05) is 17.7 Å². The number of aryl methyl sites for hydroxylation is 3. The summed E-state index contributed by atoms with van der Waals surface area (Å²) in [5.74, 6) is -0.614. The number of ketones is 1. The topological polar surface area (TPSA) is 80.0 Å². The van der Waals surface area contributed by atoms with E-state index in [0.29, 0.717) is 29.4 Å². The molecule has 1 aliphatic rings. The van der Waals surface area contributed by atoms with E-state index in [2.05, 4.69) is 0 Å². The van der Waals surface area contributed by atoms with Crippen LogP contribution in [0.5, 0.6) is 5.75 Å². The Balaban J connectivity index is 1.90. The highest BCUT2D eigenvalue weighted by molar-refractivity contribution is 6.51. The number of benzene rings is 2. The average Bonchev–Trinajstić information content (AvgIpc) is 3.37. The first-order valence-corrected chi connectivity index (χ1v) is 10.5. The number of carbonyl (C=O) groups excluding carboxylic acids is 2. The fraction of sp³-hybridized carbons (Fsp3) is 0.231. The molecule has 1 aliphatic heterocycles. The zero-order valence-corrected chi connectivity index (χ0v) is 18.5. The molecule has 0 saturated carbocycles. The van der Waals surface area contributed by atoms with E-state index in [-0.39, 0.29) is 11.3 Å². The smallest absolute Gasteiger partial charge is 0.300 e. The van der Waals surface area contributed by atoms with Gasteiger partial charge in [0.15, 0.2) is 0 Å². The molecular weight excluding hydrogens is 406 g/mol. The Kier molecular flexibility index (Phi) is 5.61. The number of carbonyl (C=O) groups is 2. The Morgan fingerprint density at radius 1 is 1.06 bits per heavy atom. The molecule has 6 heteroatoms. The second-order valence-corrected chi connectivity index (χ2v) is 7.89. The molecule has 1 atom stereocenters. The van der Waals surface area contributed by atoms with Crippen molar-refractivity contribution < 1.29 is 23.8 Å². The van der Waals surface area contributed by atoms with Gasteiger partial charge in [-0.05, 0) is 75.2 Å². The lowest BCUT2D eigenvalue weighted by Gasteiger charge is -2.25. The number of aliphatic hydroxyl groups excluding tert-OH is 1. The molecule has 4 rings (SSSR count). The minimum Gasteiger partial charge on any atom is -0.507 e. The summed E-state index contributed by atoms with van der Waals surface area (Å²) in [5.41, 5.74) is 3.73. The van der Waals surface area contributed by atoms with E-state index in [1.54, 1.807) is 30.3 Å². The number of aliphatic hydroxyl groups is 1. The van der Waals surface area contributed by atoms with E-state index >= 15 is 0 Å². The molecule has 0 bridgehead atoms. The molecule has 1 N–H and O–H groups in total. The predicted molar refractivity (Wildman–Crippen MR) is 122 cm³/mol. The van der Waals surface area contributed by atoms with Crippen molar-refractivity contribution in [2.24, 2.45) is 0 Å². The Labute approximate surface area is 186 Å². The molecule has 1 aromatic heterocycles. The summed E-state index contributed by atoms with van der Waals surface area (Å²) in [6.07, 6.45) is 1.48. The van der Waals surface area contributed by atoms with Gasteiger partial charge >= 0.3 is 0 Å². The highest BCUT2D eigenvalue weighted by atomic mass is 16.5. The summed E-state index contributed by atoms with van der Waals surface area (Å²) in [5, 5.41) is 11.2. The lowest BCUT2D eigenvalue weighted by molar-refractivity contribution is -0.132. The van der Waals surface area contributed by atoms with Crippen LogP contribution in [0.1, 0.15) is 41.0 Å². The van der Waals surface area contributed by atoms with Gasteiger partial charge in [0, 0.05) is 11.3 Å². The number of ether oxygens (including phenoxy) is 1. The molecule has 32 heavy (non-hydrogen) atoms. The third-order valence-corrected chi connectivity index (χ3v) is 5.62. The van der Waals surface area contributed by atoms with E-state index in [1.807, 2.05) is 45.9 Å². The molecule has 2 aromatic carbocycles. The van der Waals surface area contributed by atoms with Crippen molar-refractivity contribution in [3.63, 3.8) is 0 Å². The minimum absolute atomic E-state index is 0.00603. The van der Waals surface area contributed by atoms with Gasteiger partial charge < -0.3 is 14.3 Å². The third-order valence-electron chi connectivity index (χ3n) is 5.62. The van der Waals surface area contributed by atoms with Crippen molar-refractivity contribution in [1.82, 2.24) is 0 Å². The maximum atomic E-state index is 13.2. The number of nitrogens with zero attached hydrogens (tertiary/aromatic N) is 1. The van der Waals surface area contributed by atoms with Crippen molar-refractivity contribution in [2.75, 3.05) is 11.5 Å². The Bertz CT molecular complexity index is 1220. The summed E-state index contributed by atoms with van der Waals surface area (Å²) >= 11 is 0. The summed E-state index contributed by atoms with van der Waals surface area (Å²) in [6.45, 7) is 8.12. The van der Waals surface area contributed by atoms with Crippen LogP contribution < -0.4 is 9.64 Å². The van der Waals surface area contributed by atoms with Gasteiger partial charge in [0.2, 0.25) is 0 Å². The van der Waals surface area contributed by atoms with Gasteiger partial charge in [0.25, 0.3) is 11.7 Å². The quantitative estimate of drug-likeness (QED) is 0.340. The van der Waals surface area contributed by atoms with Crippen molar-refractivity contribution in [3.8, 4) is 5.75 Å². The molecule has 2 heterocycles. The minimum atomic E-state index is -0.877. The van der Waals surface area contributed by atoms with Crippen LogP contribution in [0.2, 0.25) is 0 Å². The lowest BCUT2D eigenvalue weighted by Crippen LogP contribution is -2.30. The van der Waals surface area contributed by atoms with Crippen LogP contribution in [0.15, 0.2) is 64.8 Å². The van der Waals surface area contributed by atoms with Gasteiger partial charge in [-0.25, -0.2) is 0 Å². The van der Waals surface area contributed by atoms with E-state index in [4.69, 9.17) is 9.15 Å². The number of hydrogen-bond donors (Lipinski definition) is 1. The number of amides is 1. The van der Waals surface area contributed by atoms with Crippen molar-refractivity contribution in [1.29, 1.82) is 0 Å². The molecule has 0 aliphatic carbocycles. The maximum absolute atomic E-state index is 13.2. The fourth-order valence-electron chi connectivity index (χ4n) is 4.14. The number of anilines is 1.